The Morgan fingerprint density at radius 1 is 1.24 bits per heavy atom. The molecule has 6 nitrogen and oxygen atoms in total. The maximum atomic E-state index is 13.7. The number of aromatic nitrogens is 3. The third-order valence-corrected chi connectivity index (χ3v) is 4.61. The van der Waals surface area contributed by atoms with Gasteiger partial charge in [-0.3, -0.25) is 0 Å². The normalized spacial score (nSPS) is 26.2. The molecule has 2 aliphatic rings. The predicted octanol–water partition coefficient (Wildman–Crippen LogP) is 2.36. The molecule has 0 saturated carbocycles. The number of piperidine rings is 1. The molecule has 2 atom stereocenters. The summed E-state index contributed by atoms with van der Waals surface area (Å²) in [5.41, 5.74) is -0.383. The molecule has 2 aromatic rings. The van der Waals surface area contributed by atoms with E-state index in [4.69, 9.17) is 9.47 Å². The standard InChI is InChI=1S/C17H18F2N4O2/c18-12-8-21-16(22-9-12)23-6-2-4-17(11-23)7-13(10-24-17)25-15-14(19)3-1-5-20-15/h1,3,5,8-9,13H,2,4,6-7,10-11H2/t13-,17+/m1/s1. The van der Waals surface area contributed by atoms with E-state index in [0.717, 1.165) is 31.8 Å². The van der Waals surface area contributed by atoms with Crippen LogP contribution in [0.5, 0.6) is 5.88 Å². The zero-order valence-corrected chi connectivity index (χ0v) is 13.6. The van der Waals surface area contributed by atoms with Crippen molar-refractivity contribution in [1.29, 1.82) is 0 Å². The van der Waals surface area contributed by atoms with Gasteiger partial charge in [0.15, 0.2) is 11.6 Å². The Balaban J connectivity index is 1.44. The molecule has 132 valence electrons. The number of hydrogen-bond donors (Lipinski definition) is 0. The van der Waals surface area contributed by atoms with Crippen molar-refractivity contribution in [3.8, 4) is 5.88 Å². The highest BCUT2D eigenvalue weighted by atomic mass is 19.1. The van der Waals surface area contributed by atoms with Crippen LogP contribution in [0.15, 0.2) is 30.7 Å². The van der Waals surface area contributed by atoms with Crippen LogP contribution < -0.4 is 9.64 Å². The molecule has 0 radical (unpaired) electrons. The zero-order valence-electron chi connectivity index (χ0n) is 13.6. The predicted molar refractivity (Wildman–Crippen MR) is 85.3 cm³/mol. The van der Waals surface area contributed by atoms with Crippen LogP contribution in [-0.4, -0.2) is 46.4 Å². The molecule has 0 amide bonds. The van der Waals surface area contributed by atoms with Crippen molar-refractivity contribution >= 4 is 5.95 Å². The molecule has 2 aromatic heterocycles. The van der Waals surface area contributed by atoms with E-state index in [0.29, 0.717) is 25.5 Å². The number of rotatable bonds is 3. The van der Waals surface area contributed by atoms with Gasteiger partial charge in [-0.15, -0.1) is 0 Å². The van der Waals surface area contributed by atoms with Gasteiger partial charge in [0.25, 0.3) is 5.88 Å². The van der Waals surface area contributed by atoms with Gasteiger partial charge in [0.1, 0.15) is 6.10 Å². The topological polar surface area (TPSA) is 60.4 Å². The second-order valence-electron chi connectivity index (χ2n) is 6.45. The molecule has 4 heterocycles. The summed E-state index contributed by atoms with van der Waals surface area (Å²) < 4.78 is 38.4. The first kappa shape index (κ1) is 16.1. The highest BCUT2D eigenvalue weighted by Gasteiger charge is 2.45. The lowest BCUT2D eigenvalue weighted by Crippen LogP contribution is -2.48. The number of ether oxygens (including phenoxy) is 2. The van der Waals surface area contributed by atoms with E-state index < -0.39 is 11.6 Å². The Morgan fingerprint density at radius 2 is 2.08 bits per heavy atom. The largest absolute Gasteiger partial charge is 0.470 e. The summed E-state index contributed by atoms with van der Waals surface area (Å²) in [7, 11) is 0. The van der Waals surface area contributed by atoms with Gasteiger partial charge < -0.3 is 14.4 Å². The van der Waals surface area contributed by atoms with E-state index in [9.17, 15) is 8.78 Å². The molecule has 0 bridgehead atoms. The van der Waals surface area contributed by atoms with Gasteiger partial charge in [-0.05, 0) is 25.0 Å². The summed E-state index contributed by atoms with van der Waals surface area (Å²) in [6, 6.07) is 2.85. The molecule has 2 saturated heterocycles. The Morgan fingerprint density at radius 3 is 2.88 bits per heavy atom. The highest BCUT2D eigenvalue weighted by Crippen LogP contribution is 2.37. The van der Waals surface area contributed by atoms with Gasteiger partial charge in [0.05, 0.1) is 24.6 Å². The van der Waals surface area contributed by atoms with Crippen LogP contribution in [-0.2, 0) is 4.74 Å². The molecule has 0 aliphatic carbocycles. The summed E-state index contributed by atoms with van der Waals surface area (Å²) in [5.74, 6) is -0.446. The van der Waals surface area contributed by atoms with Crippen molar-refractivity contribution in [2.45, 2.75) is 31.0 Å². The average molecular weight is 348 g/mol. The molecule has 4 rings (SSSR count). The summed E-state index contributed by atoms with van der Waals surface area (Å²) in [5, 5.41) is 0. The number of pyridine rings is 1. The van der Waals surface area contributed by atoms with E-state index in [1.165, 1.54) is 18.3 Å². The smallest absolute Gasteiger partial charge is 0.250 e. The van der Waals surface area contributed by atoms with Crippen molar-refractivity contribution in [1.82, 2.24) is 15.0 Å². The van der Waals surface area contributed by atoms with Crippen molar-refractivity contribution in [3.63, 3.8) is 0 Å². The second-order valence-corrected chi connectivity index (χ2v) is 6.45. The van der Waals surface area contributed by atoms with E-state index in [1.807, 2.05) is 4.90 Å². The Bertz CT molecular complexity index is 746. The van der Waals surface area contributed by atoms with E-state index >= 15 is 0 Å². The van der Waals surface area contributed by atoms with Crippen LogP contribution in [0.2, 0.25) is 0 Å². The van der Waals surface area contributed by atoms with Crippen LogP contribution in [0.3, 0.4) is 0 Å². The molecule has 8 heteroatoms. The molecule has 0 N–H and O–H groups in total. The van der Waals surface area contributed by atoms with Crippen LogP contribution in [0.4, 0.5) is 14.7 Å². The fourth-order valence-corrected chi connectivity index (χ4v) is 3.52. The fourth-order valence-electron chi connectivity index (χ4n) is 3.52. The van der Waals surface area contributed by atoms with Gasteiger partial charge >= 0.3 is 0 Å². The summed E-state index contributed by atoms with van der Waals surface area (Å²) in [4.78, 5) is 14.0. The molecule has 0 unspecified atom stereocenters. The quantitative estimate of drug-likeness (QED) is 0.849. The first-order valence-corrected chi connectivity index (χ1v) is 8.27. The first-order chi connectivity index (χ1) is 12.1. The lowest BCUT2D eigenvalue weighted by Gasteiger charge is -2.39. The van der Waals surface area contributed by atoms with Crippen molar-refractivity contribution in [2.75, 3.05) is 24.6 Å². The van der Waals surface area contributed by atoms with Crippen LogP contribution in [0, 0.1) is 11.6 Å². The first-order valence-electron chi connectivity index (χ1n) is 8.27. The Kier molecular flexibility index (Phi) is 4.20. The van der Waals surface area contributed by atoms with Gasteiger partial charge in [0.2, 0.25) is 5.95 Å². The van der Waals surface area contributed by atoms with Crippen LogP contribution in [0.25, 0.3) is 0 Å². The zero-order chi connectivity index (χ0) is 17.3. The number of nitrogens with zero attached hydrogens (tertiary/aromatic N) is 4. The molecule has 2 aliphatic heterocycles. The second kappa shape index (κ2) is 6.51. The van der Waals surface area contributed by atoms with Gasteiger partial charge in [-0.2, -0.15) is 0 Å². The van der Waals surface area contributed by atoms with Crippen LogP contribution >= 0.6 is 0 Å². The fraction of sp³-hybridized carbons (Fsp3) is 0.471. The monoisotopic (exact) mass is 348 g/mol. The third kappa shape index (κ3) is 3.39. The van der Waals surface area contributed by atoms with Gasteiger partial charge in [-0.25, -0.2) is 23.7 Å². The Hall–Kier alpha value is -2.35. The summed E-state index contributed by atoms with van der Waals surface area (Å²) >= 11 is 0. The minimum Gasteiger partial charge on any atom is -0.470 e. The van der Waals surface area contributed by atoms with Gasteiger partial charge in [0, 0.05) is 25.7 Å². The van der Waals surface area contributed by atoms with Crippen molar-refractivity contribution < 1.29 is 18.3 Å². The minimum atomic E-state index is -0.478. The summed E-state index contributed by atoms with van der Waals surface area (Å²) in [6.07, 6.45) is 6.00. The van der Waals surface area contributed by atoms with E-state index in [2.05, 4.69) is 15.0 Å². The third-order valence-electron chi connectivity index (χ3n) is 4.61. The number of anilines is 1. The van der Waals surface area contributed by atoms with E-state index in [-0.39, 0.29) is 17.6 Å². The average Bonchev–Trinajstić information content (AvgIpc) is 2.99. The molecule has 1 spiro atoms. The van der Waals surface area contributed by atoms with E-state index in [1.54, 1.807) is 0 Å². The van der Waals surface area contributed by atoms with Crippen molar-refractivity contribution in [3.05, 3.63) is 42.4 Å². The Labute approximate surface area is 143 Å². The lowest BCUT2D eigenvalue weighted by atomic mass is 9.89. The summed E-state index contributed by atoms with van der Waals surface area (Å²) in [6.45, 7) is 1.77. The number of halogens is 2. The minimum absolute atomic E-state index is 0.00248. The maximum absolute atomic E-state index is 13.7. The molecule has 0 aromatic carbocycles. The SMILES string of the molecule is Fc1cnc(N2CCC[C@]3(C[C@@H](Oc4ncccc4F)CO3)C2)nc1. The van der Waals surface area contributed by atoms with Gasteiger partial charge in [-0.1, -0.05) is 0 Å². The number of hydrogen-bond acceptors (Lipinski definition) is 6. The molecular formula is C17H18F2N4O2. The molecule has 2 fully saturated rings. The molecular weight excluding hydrogens is 330 g/mol. The maximum Gasteiger partial charge on any atom is 0.250 e. The molecule has 25 heavy (non-hydrogen) atoms. The lowest BCUT2D eigenvalue weighted by molar-refractivity contribution is -0.00857. The highest BCUT2D eigenvalue weighted by molar-refractivity contribution is 5.31. The van der Waals surface area contributed by atoms with Crippen molar-refractivity contribution in [2.24, 2.45) is 0 Å². The van der Waals surface area contributed by atoms with Crippen LogP contribution in [0.1, 0.15) is 19.3 Å².